The van der Waals surface area contributed by atoms with E-state index in [0.717, 1.165) is 16.6 Å². The first-order chi connectivity index (χ1) is 11.6. The van der Waals surface area contributed by atoms with Crippen molar-refractivity contribution >= 4 is 21.9 Å². The Kier molecular flexibility index (Phi) is 6.67. The highest BCUT2D eigenvalue weighted by atomic mass is 79.9. The SMILES string of the molecule is CCC(=O)Oc1cccc(OC)c1COc1ccc(CC)cc1Br. The van der Waals surface area contributed by atoms with Crippen LogP contribution in [0.2, 0.25) is 0 Å². The molecule has 0 aliphatic heterocycles. The molecule has 0 atom stereocenters. The number of carbonyl (C=O) groups excluding carboxylic acids is 1. The maximum Gasteiger partial charge on any atom is 0.310 e. The van der Waals surface area contributed by atoms with Crippen LogP contribution in [0, 0.1) is 0 Å². The van der Waals surface area contributed by atoms with Gasteiger partial charge in [-0.05, 0) is 52.2 Å². The van der Waals surface area contributed by atoms with Gasteiger partial charge in [0.2, 0.25) is 0 Å². The number of hydrogen-bond acceptors (Lipinski definition) is 4. The molecule has 0 aromatic heterocycles. The molecule has 24 heavy (non-hydrogen) atoms. The summed E-state index contributed by atoms with van der Waals surface area (Å²) in [5.41, 5.74) is 1.93. The number of rotatable bonds is 7. The quantitative estimate of drug-likeness (QED) is 0.495. The van der Waals surface area contributed by atoms with Gasteiger partial charge in [0.15, 0.2) is 0 Å². The molecular weight excluding hydrogens is 372 g/mol. The minimum absolute atomic E-state index is 0.237. The lowest BCUT2D eigenvalue weighted by Gasteiger charge is -2.15. The summed E-state index contributed by atoms with van der Waals surface area (Å²) in [5.74, 6) is 1.52. The summed E-state index contributed by atoms with van der Waals surface area (Å²) >= 11 is 3.53. The van der Waals surface area contributed by atoms with Crippen molar-refractivity contribution in [3.05, 3.63) is 52.0 Å². The molecule has 0 saturated heterocycles. The Balaban J connectivity index is 2.23. The van der Waals surface area contributed by atoms with Crippen molar-refractivity contribution in [2.45, 2.75) is 33.3 Å². The third-order valence-electron chi connectivity index (χ3n) is 3.60. The van der Waals surface area contributed by atoms with Gasteiger partial charge in [-0.1, -0.05) is 26.0 Å². The van der Waals surface area contributed by atoms with Crippen LogP contribution >= 0.6 is 15.9 Å². The predicted octanol–water partition coefficient (Wildman–Crippen LogP) is 4.91. The van der Waals surface area contributed by atoms with Crippen molar-refractivity contribution in [2.75, 3.05) is 7.11 Å². The Bertz CT molecular complexity index is 713. The first-order valence-corrected chi connectivity index (χ1v) is 8.66. The number of methoxy groups -OCH3 is 1. The Hall–Kier alpha value is -2.01. The van der Waals surface area contributed by atoms with E-state index in [1.807, 2.05) is 24.3 Å². The van der Waals surface area contributed by atoms with Gasteiger partial charge in [0.05, 0.1) is 17.1 Å². The molecule has 2 rings (SSSR count). The molecule has 0 radical (unpaired) electrons. The predicted molar refractivity (Wildman–Crippen MR) is 96.8 cm³/mol. The monoisotopic (exact) mass is 392 g/mol. The number of esters is 1. The van der Waals surface area contributed by atoms with Crippen molar-refractivity contribution in [3.8, 4) is 17.2 Å². The molecule has 0 aliphatic carbocycles. The zero-order valence-electron chi connectivity index (χ0n) is 14.1. The fourth-order valence-corrected chi connectivity index (χ4v) is 2.74. The molecule has 0 bridgehead atoms. The summed E-state index contributed by atoms with van der Waals surface area (Å²) in [7, 11) is 1.58. The van der Waals surface area contributed by atoms with E-state index in [2.05, 4.69) is 22.9 Å². The van der Waals surface area contributed by atoms with E-state index in [1.54, 1.807) is 26.2 Å². The number of halogens is 1. The third-order valence-corrected chi connectivity index (χ3v) is 4.22. The topological polar surface area (TPSA) is 44.8 Å². The van der Waals surface area contributed by atoms with Crippen LogP contribution in [0.3, 0.4) is 0 Å². The molecule has 4 nitrogen and oxygen atoms in total. The molecule has 0 amide bonds. The van der Waals surface area contributed by atoms with E-state index >= 15 is 0 Å². The van der Waals surface area contributed by atoms with E-state index < -0.39 is 0 Å². The molecule has 0 N–H and O–H groups in total. The van der Waals surface area contributed by atoms with Crippen molar-refractivity contribution in [1.29, 1.82) is 0 Å². The third kappa shape index (κ3) is 4.51. The van der Waals surface area contributed by atoms with Gasteiger partial charge in [0.25, 0.3) is 0 Å². The second-order valence-corrected chi connectivity index (χ2v) is 6.03. The van der Waals surface area contributed by atoms with Crippen LogP contribution in [0.25, 0.3) is 0 Å². The minimum atomic E-state index is -0.294. The second-order valence-electron chi connectivity index (χ2n) is 5.17. The van der Waals surface area contributed by atoms with E-state index in [9.17, 15) is 4.79 Å². The number of hydrogen-bond donors (Lipinski definition) is 0. The number of ether oxygens (including phenoxy) is 3. The maximum atomic E-state index is 11.6. The summed E-state index contributed by atoms with van der Waals surface area (Å²) in [6.45, 7) is 4.09. The van der Waals surface area contributed by atoms with E-state index in [0.29, 0.717) is 23.5 Å². The highest BCUT2D eigenvalue weighted by Gasteiger charge is 2.14. The number of benzene rings is 2. The summed E-state index contributed by atoms with van der Waals surface area (Å²) in [4.78, 5) is 11.6. The van der Waals surface area contributed by atoms with Gasteiger partial charge in [-0.25, -0.2) is 0 Å². The van der Waals surface area contributed by atoms with Gasteiger partial charge < -0.3 is 14.2 Å². The molecule has 0 heterocycles. The Labute approximate surface area is 150 Å². The normalized spacial score (nSPS) is 10.3. The second kappa shape index (κ2) is 8.73. The maximum absolute atomic E-state index is 11.6. The lowest BCUT2D eigenvalue weighted by Crippen LogP contribution is -2.09. The largest absolute Gasteiger partial charge is 0.496 e. The fourth-order valence-electron chi connectivity index (χ4n) is 2.20. The molecule has 0 fully saturated rings. The van der Waals surface area contributed by atoms with Crippen LogP contribution in [0.5, 0.6) is 17.2 Å². The molecule has 0 aliphatic rings. The Morgan fingerprint density at radius 2 is 1.83 bits per heavy atom. The highest BCUT2D eigenvalue weighted by molar-refractivity contribution is 9.10. The van der Waals surface area contributed by atoms with Gasteiger partial charge >= 0.3 is 5.97 Å². The van der Waals surface area contributed by atoms with Crippen LogP contribution in [0.15, 0.2) is 40.9 Å². The number of carbonyl (C=O) groups is 1. The average Bonchev–Trinajstić information content (AvgIpc) is 2.60. The molecule has 2 aromatic rings. The highest BCUT2D eigenvalue weighted by Crippen LogP contribution is 2.32. The summed E-state index contributed by atoms with van der Waals surface area (Å²) in [6, 6.07) is 11.3. The van der Waals surface area contributed by atoms with Crippen LogP contribution in [0.1, 0.15) is 31.4 Å². The van der Waals surface area contributed by atoms with Crippen LogP contribution in [0.4, 0.5) is 0 Å². The smallest absolute Gasteiger partial charge is 0.310 e. The van der Waals surface area contributed by atoms with Gasteiger partial charge in [0.1, 0.15) is 23.9 Å². The minimum Gasteiger partial charge on any atom is -0.496 e. The van der Waals surface area contributed by atoms with Crippen molar-refractivity contribution < 1.29 is 19.0 Å². The first kappa shape index (κ1) is 18.3. The Morgan fingerprint density at radius 1 is 1.08 bits per heavy atom. The number of aryl methyl sites for hydroxylation is 1. The first-order valence-electron chi connectivity index (χ1n) is 7.86. The summed E-state index contributed by atoms with van der Waals surface area (Å²) in [5, 5.41) is 0. The van der Waals surface area contributed by atoms with E-state index in [1.165, 1.54) is 5.56 Å². The van der Waals surface area contributed by atoms with Crippen LogP contribution < -0.4 is 14.2 Å². The molecular formula is C19H21BrO4. The molecule has 2 aromatic carbocycles. The lowest BCUT2D eigenvalue weighted by molar-refractivity contribution is -0.134. The molecule has 128 valence electrons. The fraction of sp³-hybridized carbons (Fsp3) is 0.316. The van der Waals surface area contributed by atoms with Crippen LogP contribution in [-0.4, -0.2) is 13.1 Å². The molecule has 0 unspecified atom stereocenters. The van der Waals surface area contributed by atoms with Crippen molar-refractivity contribution in [1.82, 2.24) is 0 Å². The molecule has 0 saturated carbocycles. The lowest BCUT2D eigenvalue weighted by atomic mass is 10.1. The average molecular weight is 393 g/mol. The van der Waals surface area contributed by atoms with Gasteiger partial charge in [-0.2, -0.15) is 0 Å². The Morgan fingerprint density at radius 3 is 2.46 bits per heavy atom. The summed E-state index contributed by atoms with van der Waals surface area (Å²) in [6.07, 6.45) is 1.27. The van der Waals surface area contributed by atoms with E-state index in [4.69, 9.17) is 14.2 Å². The van der Waals surface area contributed by atoms with E-state index in [-0.39, 0.29) is 12.6 Å². The van der Waals surface area contributed by atoms with Crippen LogP contribution in [-0.2, 0) is 17.8 Å². The van der Waals surface area contributed by atoms with Crippen molar-refractivity contribution in [2.24, 2.45) is 0 Å². The molecule has 0 spiro atoms. The van der Waals surface area contributed by atoms with Gasteiger partial charge in [-0.15, -0.1) is 0 Å². The zero-order valence-corrected chi connectivity index (χ0v) is 15.7. The zero-order chi connectivity index (χ0) is 17.5. The molecule has 5 heteroatoms. The van der Waals surface area contributed by atoms with Gasteiger partial charge in [0, 0.05) is 6.42 Å². The van der Waals surface area contributed by atoms with Gasteiger partial charge in [-0.3, -0.25) is 4.79 Å². The summed E-state index contributed by atoms with van der Waals surface area (Å²) < 4.78 is 17.6. The van der Waals surface area contributed by atoms with Crippen molar-refractivity contribution in [3.63, 3.8) is 0 Å². The standard InChI is InChI=1S/C19H21BrO4/c1-4-13-9-10-18(15(20)11-13)23-12-14-16(22-3)7-6-8-17(14)24-19(21)5-2/h6-11H,4-5,12H2,1-3H3.